The van der Waals surface area contributed by atoms with E-state index in [9.17, 15) is 52.7 Å². The first kappa shape index (κ1) is 40.7. The molecule has 6 nitrogen and oxygen atoms in total. The number of alkyl halides is 6. The third-order valence-corrected chi connectivity index (χ3v) is 12.8. The molecule has 53 heavy (non-hydrogen) atoms. The largest absolute Gasteiger partial charge is 0.430 e. The summed E-state index contributed by atoms with van der Waals surface area (Å²) in [6.07, 6.45) is -11.3. The average molecular weight is 780 g/mol. The summed E-state index contributed by atoms with van der Waals surface area (Å²) in [5, 5.41) is 3.18. The van der Waals surface area contributed by atoms with E-state index in [1.807, 2.05) is 13.8 Å². The van der Waals surface area contributed by atoms with E-state index >= 15 is 0 Å². The summed E-state index contributed by atoms with van der Waals surface area (Å²) < 4.78 is 167. The molecule has 0 bridgehead atoms. The first-order chi connectivity index (χ1) is 24.6. The van der Waals surface area contributed by atoms with Crippen LogP contribution in [0.25, 0.3) is 0 Å². The van der Waals surface area contributed by atoms with Crippen LogP contribution in [0.1, 0.15) is 69.1 Å². The van der Waals surface area contributed by atoms with Crippen LogP contribution in [0, 0.1) is 23.4 Å². The Labute approximate surface area is 301 Å². The highest BCUT2D eigenvalue weighted by atomic mass is 32.2. The molecule has 1 heterocycles. The second-order valence-corrected chi connectivity index (χ2v) is 16.4. The van der Waals surface area contributed by atoms with Crippen molar-refractivity contribution in [1.82, 2.24) is 5.32 Å². The van der Waals surface area contributed by atoms with Gasteiger partial charge in [0.2, 0.25) is 0 Å². The Morgan fingerprint density at radius 1 is 0.849 bits per heavy atom. The fraction of sp³-hybridized carbons (Fsp3) is 0.486. The molecule has 0 radical (unpaired) electrons. The average Bonchev–Trinajstić information content (AvgIpc) is 3.07. The fourth-order valence-corrected chi connectivity index (χ4v) is 9.50. The number of ketones is 1. The zero-order valence-corrected chi connectivity index (χ0v) is 29.5. The third kappa shape index (κ3) is 8.01. The van der Waals surface area contributed by atoms with E-state index in [-0.39, 0.29) is 60.4 Å². The van der Waals surface area contributed by atoms with Crippen molar-refractivity contribution in [3.63, 3.8) is 0 Å². The number of hydrogen-bond acceptors (Lipinski definition) is 6. The number of Topliss-reactive ketones (excluding diaryl/α,β-unsaturated/α-hetero) is 1. The van der Waals surface area contributed by atoms with Gasteiger partial charge in [0.25, 0.3) is 5.60 Å². The molecular formula is C37H38F9NO5S. The van der Waals surface area contributed by atoms with E-state index in [1.165, 1.54) is 0 Å². The highest BCUT2D eigenvalue weighted by Gasteiger charge is 2.73. The van der Waals surface area contributed by atoms with Crippen molar-refractivity contribution in [1.29, 1.82) is 0 Å². The Balaban J connectivity index is 1.48. The molecule has 0 aromatic heterocycles. The molecule has 16 heteroatoms. The minimum Gasteiger partial charge on any atom is -0.376 e. The van der Waals surface area contributed by atoms with Crippen LogP contribution in [-0.2, 0) is 41.1 Å². The molecule has 3 aromatic rings. The van der Waals surface area contributed by atoms with Gasteiger partial charge in [-0.15, -0.1) is 0 Å². The summed E-state index contributed by atoms with van der Waals surface area (Å²) in [6.45, 7) is 2.47. The summed E-state index contributed by atoms with van der Waals surface area (Å²) in [5.74, 6) is -3.85. The predicted octanol–water partition coefficient (Wildman–Crippen LogP) is 8.62. The Kier molecular flexibility index (Phi) is 11.5. The third-order valence-electron chi connectivity index (χ3n) is 10.3. The van der Waals surface area contributed by atoms with Gasteiger partial charge in [-0.3, -0.25) is 4.79 Å². The van der Waals surface area contributed by atoms with Gasteiger partial charge in [-0.1, -0.05) is 30.3 Å². The Hall–Kier alpha value is -3.47. The van der Waals surface area contributed by atoms with Crippen LogP contribution in [-0.4, -0.2) is 51.3 Å². The maximum Gasteiger partial charge on any atom is 0.430 e. The summed E-state index contributed by atoms with van der Waals surface area (Å²) >= 11 is 0. The molecule has 1 N–H and O–H groups in total. The second kappa shape index (κ2) is 15.0. The monoisotopic (exact) mass is 779 g/mol. The standard InChI is InChI=1S/C37H38F9NO5S/c1-33(2)20-23(16-19-51-33)32(48)21-47-27-14-17-34(18-15-27,53(49,50)28-12-10-26(38)11-13-28)24-6-8-25(9-7-24)35(36(41,42)43,37(44,45)46)52-22-29-30(39)4-3-5-31(29)40/h3-13,23,27,47H,14-22H2,1-2H3. The van der Waals surface area contributed by atoms with E-state index in [0.717, 1.165) is 42.5 Å². The van der Waals surface area contributed by atoms with Crippen molar-refractivity contribution in [2.75, 3.05) is 13.2 Å². The van der Waals surface area contributed by atoms with E-state index in [4.69, 9.17) is 4.74 Å². The van der Waals surface area contributed by atoms with Crippen LogP contribution in [0.3, 0.4) is 0 Å². The van der Waals surface area contributed by atoms with Gasteiger partial charge in [-0.05, 0) is 94.3 Å². The van der Waals surface area contributed by atoms with Gasteiger partial charge in [-0.2, -0.15) is 26.3 Å². The van der Waals surface area contributed by atoms with Crippen LogP contribution in [0.15, 0.2) is 71.6 Å². The number of sulfone groups is 1. The zero-order chi connectivity index (χ0) is 39.0. The highest BCUT2D eigenvalue weighted by Crippen LogP contribution is 2.54. The number of rotatable bonds is 11. The van der Waals surface area contributed by atoms with Crippen LogP contribution in [0.5, 0.6) is 0 Å². The maximum atomic E-state index is 14.6. The SMILES string of the molecule is CC1(C)CC(C(=O)CNC2CCC(c3ccc(C(OCc4c(F)cccc4F)(C(F)(F)F)C(F)(F)F)cc3)(S(=O)(=O)c3ccc(F)cc3)CC2)CCO1. The Morgan fingerprint density at radius 2 is 1.42 bits per heavy atom. The van der Waals surface area contributed by atoms with Gasteiger partial charge in [0.15, 0.2) is 9.84 Å². The summed E-state index contributed by atoms with van der Waals surface area (Å²) in [5.41, 5.74) is -8.32. The summed E-state index contributed by atoms with van der Waals surface area (Å²) in [7, 11) is -4.47. The number of carbonyl (C=O) groups excluding carboxylic acids is 1. The lowest BCUT2D eigenvalue weighted by molar-refractivity contribution is -0.392. The van der Waals surface area contributed by atoms with E-state index < -0.39 is 73.3 Å². The van der Waals surface area contributed by atoms with Crippen molar-refractivity contribution < 1.29 is 62.2 Å². The van der Waals surface area contributed by atoms with Gasteiger partial charge in [-0.25, -0.2) is 21.6 Å². The minimum atomic E-state index is -6.20. The first-order valence-electron chi connectivity index (χ1n) is 16.9. The Morgan fingerprint density at radius 3 is 1.94 bits per heavy atom. The number of nitrogens with one attached hydrogen (secondary N) is 1. The number of carbonyl (C=O) groups is 1. The predicted molar refractivity (Wildman–Crippen MR) is 175 cm³/mol. The van der Waals surface area contributed by atoms with Gasteiger partial charge in [0.1, 0.15) is 28.0 Å². The molecule has 1 aliphatic carbocycles. The molecule has 3 aromatic carbocycles. The smallest absolute Gasteiger partial charge is 0.376 e. The van der Waals surface area contributed by atoms with E-state index in [0.29, 0.717) is 43.7 Å². The van der Waals surface area contributed by atoms with Gasteiger partial charge >= 0.3 is 12.4 Å². The molecule has 0 amide bonds. The molecule has 2 aliphatic rings. The number of benzene rings is 3. The summed E-state index contributed by atoms with van der Waals surface area (Å²) in [4.78, 5) is 12.7. The van der Waals surface area contributed by atoms with Crippen LogP contribution < -0.4 is 5.32 Å². The van der Waals surface area contributed by atoms with Crippen LogP contribution >= 0.6 is 0 Å². The summed E-state index contributed by atoms with van der Waals surface area (Å²) in [6, 6.07) is 8.24. The zero-order valence-electron chi connectivity index (χ0n) is 28.7. The molecule has 1 aliphatic heterocycles. The van der Waals surface area contributed by atoms with Crippen molar-refractivity contribution in [2.45, 2.75) is 98.2 Å². The Bertz CT molecular complexity index is 1840. The molecular weight excluding hydrogens is 741 g/mol. The molecule has 0 spiro atoms. The topological polar surface area (TPSA) is 81.7 Å². The normalized spacial score (nSPS) is 22.8. The molecule has 1 saturated carbocycles. The van der Waals surface area contributed by atoms with Crippen molar-refractivity contribution in [2.24, 2.45) is 5.92 Å². The first-order valence-corrected chi connectivity index (χ1v) is 18.3. The number of hydrogen-bond donors (Lipinski definition) is 1. The van der Waals surface area contributed by atoms with Crippen LogP contribution in [0.2, 0.25) is 0 Å². The minimum absolute atomic E-state index is 0.00553. The molecule has 5 rings (SSSR count). The lowest BCUT2D eigenvalue weighted by atomic mass is 9.79. The highest BCUT2D eigenvalue weighted by molar-refractivity contribution is 7.92. The molecule has 1 unspecified atom stereocenters. The molecule has 2 fully saturated rings. The van der Waals surface area contributed by atoms with Crippen LogP contribution in [0.4, 0.5) is 39.5 Å². The molecule has 1 atom stereocenters. The molecule has 1 saturated heterocycles. The molecule has 290 valence electrons. The number of ether oxygens (including phenoxy) is 2. The van der Waals surface area contributed by atoms with Crippen molar-refractivity contribution >= 4 is 15.6 Å². The van der Waals surface area contributed by atoms with Crippen molar-refractivity contribution in [3.8, 4) is 0 Å². The van der Waals surface area contributed by atoms with Gasteiger partial charge in [0.05, 0.1) is 23.6 Å². The number of halogens is 9. The van der Waals surface area contributed by atoms with E-state index in [1.54, 1.807) is 0 Å². The van der Waals surface area contributed by atoms with Gasteiger partial charge in [0, 0.05) is 29.7 Å². The van der Waals surface area contributed by atoms with Gasteiger partial charge < -0.3 is 14.8 Å². The maximum absolute atomic E-state index is 14.6. The second-order valence-electron chi connectivity index (χ2n) is 14.1. The van der Waals surface area contributed by atoms with E-state index in [2.05, 4.69) is 10.1 Å². The fourth-order valence-electron chi connectivity index (χ4n) is 7.33. The lowest BCUT2D eigenvalue weighted by Crippen LogP contribution is -2.56. The van der Waals surface area contributed by atoms with Crippen molar-refractivity contribution in [3.05, 3.63) is 101 Å². The quantitative estimate of drug-likeness (QED) is 0.155. The lowest BCUT2D eigenvalue weighted by Gasteiger charge is -2.41.